The Morgan fingerprint density at radius 1 is 0.400 bits per heavy atom. The molecule has 1 N–H and O–H groups in total. The Balaban J connectivity index is 3.56. The van der Waals surface area contributed by atoms with E-state index in [0.717, 1.165) is 103 Å². The third-order valence-corrected chi connectivity index (χ3v) is 10.0. The van der Waals surface area contributed by atoms with Crippen molar-refractivity contribution in [1.82, 2.24) is 0 Å². The van der Waals surface area contributed by atoms with Crippen molar-refractivity contribution in [2.45, 2.75) is 213 Å². The van der Waals surface area contributed by atoms with Crippen LogP contribution in [0.4, 0.5) is 0 Å². The highest BCUT2D eigenvalue weighted by molar-refractivity contribution is 5.70. The van der Waals surface area contributed by atoms with Crippen LogP contribution in [-0.4, -0.2) is 36.4 Å². The van der Waals surface area contributed by atoms with Gasteiger partial charge in [0.25, 0.3) is 0 Å². The van der Waals surface area contributed by atoms with E-state index in [-0.39, 0.29) is 25.2 Å². The minimum atomic E-state index is -0.785. The van der Waals surface area contributed by atoms with E-state index >= 15 is 0 Å². The predicted molar refractivity (Wildman–Crippen MR) is 260 cm³/mol. The molecule has 5 heteroatoms. The molecule has 1 unspecified atom stereocenters. The molecule has 0 spiro atoms. The van der Waals surface area contributed by atoms with E-state index in [1.807, 2.05) is 0 Å². The topological polar surface area (TPSA) is 72.8 Å². The van der Waals surface area contributed by atoms with E-state index < -0.39 is 6.10 Å². The number of ether oxygens (including phenoxy) is 2. The number of unbranched alkanes of at least 4 members (excludes halogenated alkanes) is 17. The van der Waals surface area contributed by atoms with E-state index in [1.54, 1.807) is 0 Å². The number of rotatable bonds is 43. The summed E-state index contributed by atoms with van der Waals surface area (Å²) >= 11 is 0. The maximum atomic E-state index is 12.2. The standard InChI is InChI=1S/C55H90O5/c1-3-5-7-9-11-13-15-17-18-19-20-21-22-23-24-25-26-27-28-29-30-31-32-33-34-35-36-38-40-42-44-46-48-50-55(58)60-53(51-56)52-59-54(57)49-47-45-43-41-39-37-16-14-12-10-8-6-4-2/h5,7-8,10-11,13-14,16-18,20-21,23-24,26-27,29-30,53,56H,3-4,6,9,12,15,19,22,25,28,31-52H2,1-2H3/b7-5-,10-8-,13-11-,16-14-,18-17-,21-20-,24-23-,27-26-,30-29-. The van der Waals surface area contributed by atoms with Crippen LogP contribution >= 0.6 is 0 Å². The second-order valence-corrected chi connectivity index (χ2v) is 15.8. The van der Waals surface area contributed by atoms with Crippen LogP contribution in [0.15, 0.2) is 109 Å². The fourth-order valence-corrected chi connectivity index (χ4v) is 6.40. The van der Waals surface area contributed by atoms with Crippen LogP contribution in [0.1, 0.15) is 206 Å². The molecule has 340 valence electrons. The van der Waals surface area contributed by atoms with E-state index in [4.69, 9.17) is 9.47 Å². The van der Waals surface area contributed by atoms with Crippen LogP contribution in [0, 0.1) is 0 Å². The Hall–Kier alpha value is -3.44. The molecule has 0 aliphatic heterocycles. The first-order valence-corrected chi connectivity index (χ1v) is 24.4. The van der Waals surface area contributed by atoms with Crippen LogP contribution in [0.25, 0.3) is 0 Å². The van der Waals surface area contributed by atoms with Gasteiger partial charge in [-0.05, 0) is 96.3 Å². The summed E-state index contributed by atoms with van der Waals surface area (Å²) in [4.78, 5) is 24.3. The van der Waals surface area contributed by atoms with Crippen molar-refractivity contribution in [2.24, 2.45) is 0 Å². The lowest BCUT2D eigenvalue weighted by Crippen LogP contribution is -2.28. The van der Waals surface area contributed by atoms with Gasteiger partial charge in [0.2, 0.25) is 0 Å². The van der Waals surface area contributed by atoms with E-state index in [0.29, 0.717) is 12.8 Å². The zero-order valence-corrected chi connectivity index (χ0v) is 38.7. The first-order chi connectivity index (χ1) is 29.6. The molecule has 0 aromatic heterocycles. The number of carbonyl (C=O) groups is 2. The van der Waals surface area contributed by atoms with E-state index in [9.17, 15) is 14.7 Å². The van der Waals surface area contributed by atoms with Crippen molar-refractivity contribution >= 4 is 11.9 Å². The Morgan fingerprint density at radius 3 is 1.08 bits per heavy atom. The molecule has 0 bridgehead atoms. The lowest BCUT2D eigenvalue weighted by Gasteiger charge is -2.15. The molecule has 0 radical (unpaired) electrons. The van der Waals surface area contributed by atoms with Crippen molar-refractivity contribution in [2.75, 3.05) is 13.2 Å². The maximum absolute atomic E-state index is 12.2. The third-order valence-electron chi connectivity index (χ3n) is 10.0. The van der Waals surface area contributed by atoms with Gasteiger partial charge in [-0.15, -0.1) is 0 Å². The van der Waals surface area contributed by atoms with Gasteiger partial charge in [-0.3, -0.25) is 9.59 Å². The van der Waals surface area contributed by atoms with Gasteiger partial charge < -0.3 is 14.6 Å². The van der Waals surface area contributed by atoms with E-state index in [1.165, 1.54) is 77.0 Å². The first-order valence-electron chi connectivity index (χ1n) is 24.4. The molecule has 0 aromatic rings. The highest BCUT2D eigenvalue weighted by atomic mass is 16.6. The summed E-state index contributed by atoms with van der Waals surface area (Å²) < 4.78 is 10.6. The van der Waals surface area contributed by atoms with Gasteiger partial charge in [-0.25, -0.2) is 0 Å². The molecule has 0 saturated heterocycles. The fraction of sp³-hybridized carbons (Fsp3) is 0.636. The van der Waals surface area contributed by atoms with Gasteiger partial charge in [0.05, 0.1) is 6.61 Å². The molecular weight excluding hydrogens is 741 g/mol. The molecule has 0 aromatic carbocycles. The largest absolute Gasteiger partial charge is 0.462 e. The zero-order chi connectivity index (χ0) is 43.5. The third kappa shape index (κ3) is 47.2. The summed E-state index contributed by atoms with van der Waals surface area (Å²) in [5.74, 6) is -0.617. The zero-order valence-electron chi connectivity index (χ0n) is 38.7. The molecule has 0 aliphatic rings. The SMILES string of the molecule is CC/C=C\C/C=C\C/C=C\C/C=C\C/C=C\C/C=C\C/C=C\CCCCCCCCCCCCCC(=O)OC(CO)COC(=O)CCCCCCC/C=C\C/C=C\CCC. The minimum absolute atomic E-state index is 0.0795. The monoisotopic (exact) mass is 831 g/mol. The quantitative estimate of drug-likeness (QED) is 0.0376. The Kier molecular flexibility index (Phi) is 47.1. The number of esters is 2. The molecule has 60 heavy (non-hydrogen) atoms. The van der Waals surface area contributed by atoms with Crippen LogP contribution in [-0.2, 0) is 19.1 Å². The van der Waals surface area contributed by atoms with Crippen LogP contribution < -0.4 is 0 Å². The lowest BCUT2D eigenvalue weighted by atomic mass is 10.0. The summed E-state index contributed by atoms with van der Waals surface area (Å²) in [6.45, 7) is 3.93. The Morgan fingerprint density at radius 2 is 0.717 bits per heavy atom. The summed E-state index contributed by atoms with van der Waals surface area (Å²) in [6, 6.07) is 0. The molecule has 1 atom stereocenters. The van der Waals surface area contributed by atoms with Gasteiger partial charge in [-0.2, -0.15) is 0 Å². The first kappa shape index (κ1) is 56.6. The van der Waals surface area contributed by atoms with Crippen LogP contribution in [0.2, 0.25) is 0 Å². The van der Waals surface area contributed by atoms with Crippen molar-refractivity contribution in [3.8, 4) is 0 Å². The summed E-state index contributed by atoms with van der Waals surface area (Å²) in [5.41, 5.74) is 0. The summed E-state index contributed by atoms with van der Waals surface area (Å²) in [5, 5.41) is 9.59. The summed E-state index contributed by atoms with van der Waals surface area (Å²) in [7, 11) is 0. The molecule has 0 fully saturated rings. The minimum Gasteiger partial charge on any atom is -0.462 e. The number of aliphatic hydroxyl groups is 1. The lowest BCUT2D eigenvalue weighted by molar-refractivity contribution is -0.161. The van der Waals surface area contributed by atoms with Gasteiger partial charge in [0.1, 0.15) is 6.61 Å². The van der Waals surface area contributed by atoms with Crippen molar-refractivity contribution < 1.29 is 24.2 Å². The van der Waals surface area contributed by atoms with Crippen LogP contribution in [0.5, 0.6) is 0 Å². The van der Waals surface area contributed by atoms with Gasteiger partial charge in [0, 0.05) is 12.8 Å². The van der Waals surface area contributed by atoms with Crippen molar-refractivity contribution in [3.05, 3.63) is 109 Å². The van der Waals surface area contributed by atoms with Gasteiger partial charge in [0.15, 0.2) is 6.10 Å². The second-order valence-electron chi connectivity index (χ2n) is 15.8. The summed E-state index contributed by atoms with van der Waals surface area (Å²) in [6.07, 6.45) is 71.8. The van der Waals surface area contributed by atoms with Crippen molar-refractivity contribution in [3.63, 3.8) is 0 Å². The normalized spacial score (nSPS) is 13.2. The number of allylic oxidation sites excluding steroid dienone is 18. The number of aliphatic hydroxyl groups excluding tert-OH is 1. The molecule has 5 nitrogen and oxygen atoms in total. The predicted octanol–water partition coefficient (Wildman–Crippen LogP) is 16.2. The molecule has 0 heterocycles. The highest BCUT2D eigenvalue weighted by Gasteiger charge is 2.16. The maximum Gasteiger partial charge on any atom is 0.306 e. The fourth-order valence-electron chi connectivity index (χ4n) is 6.40. The van der Waals surface area contributed by atoms with Gasteiger partial charge in [-0.1, -0.05) is 207 Å². The number of hydrogen-bond acceptors (Lipinski definition) is 5. The Bertz CT molecular complexity index is 1210. The molecule has 0 rings (SSSR count). The van der Waals surface area contributed by atoms with Crippen LogP contribution in [0.3, 0.4) is 0 Å². The average molecular weight is 831 g/mol. The molecule has 0 saturated carbocycles. The molecule has 0 amide bonds. The number of carbonyl (C=O) groups excluding carboxylic acids is 2. The van der Waals surface area contributed by atoms with Gasteiger partial charge >= 0.3 is 11.9 Å². The molecule has 0 aliphatic carbocycles. The van der Waals surface area contributed by atoms with Crippen molar-refractivity contribution in [1.29, 1.82) is 0 Å². The highest BCUT2D eigenvalue weighted by Crippen LogP contribution is 2.14. The second kappa shape index (κ2) is 49.9. The van der Waals surface area contributed by atoms with E-state index in [2.05, 4.69) is 123 Å². The number of hydrogen-bond donors (Lipinski definition) is 1. The molecular formula is C55H90O5. The Labute approximate surface area is 370 Å². The average Bonchev–Trinajstić information content (AvgIpc) is 3.25. The smallest absolute Gasteiger partial charge is 0.306 e.